The Morgan fingerprint density at radius 1 is 1.08 bits per heavy atom. The second kappa shape index (κ2) is 3.72. The predicted molar refractivity (Wildman–Crippen MR) is 51.3 cm³/mol. The lowest BCUT2D eigenvalue weighted by atomic mass is 9.96. The van der Waals surface area contributed by atoms with E-state index in [-0.39, 0.29) is 12.0 Å². The molecular weight excluding hydrogens is 148 g/mol. The Kier molecular flexibility index (Phi) is 2.88. The third-order valence-corrected chi connectivity index (χ3v) is 2.33. The van der Waals surface area contributed by atoms with Gasteiger partial charge >= 0.3 is 0 Å². The Bertz CT molecular complexity index is 236. The van der Waals surface area contributed by atoms with Crippen LogP contribution in [0, 0.1) is 6.92 Å². The van der Waals surface area contributed by atoms with Gasteiger partial charge in [0.15, 0.2) is 0 Å². The van der Waals surface area contributed by atoms with E-state index in [9.17, 15) is 5.11 Å². The fraction of sp³-hybridized carbons (Fsp3) is 0.455. The maximum absolute atomic E-state index is 9.34. The highest BCUT2D eigenvalue weighted by Crippen LogP contribution is 2.18. The van der Waals surface area contributed by atoms with Crippen LogP contribution in [0.5, 0.6) is 0 Å². The molecule has 66 valence electrons. The first-order valence-corrected chi connectivity index (χ1v) is 4.36. The van der Waals surface area contributed by atoms with Crippen molar-refractivity contribution in [3.05, 3.63) is 35.4 Å². The highest BCUT2D eigenvalue weighted by Gasteiger charge is 2.10. The van der Waals surface area contributed by atoms with Gasteiger partial charge in [0.25, 0.3) is 0 Å². The third kappa shape index (κ3) is 2.08. The fourth-order valence-electron chi connectivity index (χ4n) is 1.15. The van der Waals surface area contributed by atoms with Gasteiger partial charge < -0.3 is 5.11 Å². The summed E-state index contributed by atoms with van der Waals surface area (Å²) in [6.07, 6.45) is -0.271. The summed E-state index contributed by atoms with van der Waals surface area (Å²) >= 11 is 0. The van der Waals surface area contributed by atoms with Crippen molar-refractivity contribution >= 4 is 0 Å². The first kappa shape index (κ1) is 9.27. The van der Waals surface area contributed by atoms with Gasteiger partial charge in [0.05, 0.1) is 6.10 Å². The van der Waals surface area contributed by atoms with Crippen molar-refractivity contribution in [1.29, 1.82) is 0 Å². The molecular formula is C11H16O. The molecule has 0 bridgehead atoms. The molecule has 0 saturated heterocycles. The molecule has 1 rings (SSSR count). The number of aliphatic hydroxyl groups is 1. The van der Waals surface area contributed by atoms with Crippen molar-refractivity contribution in [3.63, 3.8) is 0 Å². The summed E-state index contributed by atoms with van der Waals surface area (Å²) in [5, 5.41) is 9.34. The lowest BCUT2D eigenvalue weighted by molar-refractivity contribution is 0.169. The molecule has 1 N–H and O–H groups in total. The summed E-state index contributed by atoms with van der Waals surface area (Å²) in [6.45, 7) is 5.93. The van der Waals surface area contributed by atoms with E-state index in [0.717, 1.165) is 0 Å². The van der Waals surface area contributed by atoms with Crippen LogP contribution in [0.15, 0.2) is 24.3 Å². The third-order valence-electron chi connectivity index (χ3n) is 2.33. The fourth-order valence-corrected chi connectivity index (χ4v) is 1.15. The number of benzene rings is 1. The predicted octanol–water partition coefficient (Wildman–Crippen LogP) is 2.48. The molecule has 0 aliphatic carbocycles. The minimum atomic E-state index is -0.271. The monoisotopic (exact) mass is 164 g/mol. The molecule has 1 aromatic carbocycles. The van der Waals surface area contributed by atoms with Gasteiger partial charge in [0.2, 0.25) is 0 Å². The highest BCUT2D eigenvalue weighted by molar-refractivity contribution is 5.24. The highest BCUT2D eigenvalue weighted by atomic mass is 16.3. The van der Waals surface area contributed by atoms with Crippen LogP contribution in [0.1, 0.15) is 30.9 Å². The standard InChI is InChI=1S/C11H16O/c1-8-4-6-11(7-5-8)9(2)10(3)12/h4-7,9-10,12H,1-3H3/t9-,10-/m1/s1. The van der Waals surface area contributed by atoms with Crippen molar-refractivity contribution in [2.24, 2.45) is 0 Å². The van der Waals surface area contributed by atoms with E-state index >= 15 is 0 Å². The van der Waals surface area contributed by atoms with Gasteiger partial charge in [-0.05, 0) is 19.4 Å². The van der Waals surface area contributed by atoms with E-state index in [0.29, 0.717) is 0 Å². The Morgan fingerprint density at radius 3 is 2.00 bits per heavy atom. The lowest BCUT2D eigenvalue weighted by Gasteiger charge is -2.14. The summed E-state index contributed by atoms with van der Waals surface area (Å²) in [5.41, 5.74) is 2.46. The zero-order valence-electron chi connectivity index (χ0n) is 7.91. The number of aryl methyl sites for hydroxylation is 1. The smallest absolute Gasteiger partial charge is 0.0577 e. The molecule has 0 amide bonds. The summed E-state index contributed by atoms with van der Waals surface area (Å²) in [5.74, 6) is 0.227. The van der Waals surface area contributed by atoms with Gasteiger partial charge in [-0.2, -0.15) is 0 Å². The molecule has 0 aromatic heterocycles. The first-order valence-electron chi connectivity index (χ1n) is 4.36. The molecule has 0 aliphatic rings. The molecule has 0 unspecified atom stereocenters. The van der Waals surface area contributed by atoms with Crippen LogP contribution in [-0.2, 0) is 0 Å². The molecule has 0 saturated carbocycles. The molecule has 0 spiro atoms. The molecule has 0 heterocycles. The van der Waals surface area contributed by atoms with Crippen molar-refractivity contribution < 1.29 is 5.11 Å². The molecule has 0 radical (unpaired) electrons. The van der Waals surface area contributed by atoms with E-state index in [4.69, 9.17) is 0 Å². The van der Waals surface area contributed by atoms with Crippen LogP contribution in [0.4, 0.5) is 0 Å². The van der Waals surface area contributed by atoms with Crippen molar-refractivity contribution in [2.75, 3.05) is 0 Å². The quantitative estimate of drug-likeness (QED) is 0.712. The molecule has 1 heteroatoms. The van der Waals surface area contributed by atoms with Crippen molar-refractivity contribution in [3.8, 4) is 0 Å². The Morgan fingerprint density at radius 2 is 1.58 bits per heavy atom. The maximum Gasteiger partial charge on any atom is 0.0577 e. The largest absolute Gasteiger partial charge is 0.393 e. The SMILES string of the molecule is Cc1ccc([C@H](C)[C@@H](C)O)cc1. The molecule has 0 fully saturated rings. The summed E-state index contributed by atoms with van der Waals surface area (Å²) in [6, 6.07) is 8.31. The second-order valence-corrected chi connectivity index (χ2v) is 3.44. The topological polar surface area (TPSA) is 20.2 Å². The van der Waals surface area contributed by atoms with E-state index in [2.05, 4.69) is 31.2 Å². The maximum atomic E-state index is 9.34. The van der Waals surface area contributed by atoms with Crippen molar-refractivity contribution in [2.45, 2.75) is 32.8 Å². The van der Waals surface area contributed by atoms with Gasteiger partial charge in [0.1, 0.15) is 0 Å². The van der Waals surface area contributed by atoms with E-state index < -0.39 is 0 Å². The lowest BCUT2D eigenvalue weighted by Crippen LogP contribution is -2.10. The van der Waals surface area contributed by atoms with Crippen LogP contribution in [-0.4, -0.2) is 11.2 Å². The number of hydrogen-bond acceptors (Lipinski definition) is 1. The summed E-state index contributed by atoms with van der Waals surface area (Å²) in [7, 11) is 0. The summed E-state index contributed by atoms with van der Waals surface area (Å²) in [4.78, 5) is 0. The molecule has 2 atom stereocenters. The van der Waals surface area contributed by atoms with Crippen LogP contribution < -0.4 is 0 Å². The van der Waals surface area contributed by atoms with Crippen LogP contribution >= 0.6 is 0 Å². The summed E-state index contributed by atoms with van der Waals surface area (Å²) < 4.78 is 0. The first-order chi connectivity index (χ1) is 5.61. The van der Waals surface area contributed by atoms with Crippen LogP contribution in [0.2, 0.25) is 0 Å². The number of hydrogen-bond donors (Lipinski definition) is 1. The average molecular weight is 164 g/mol. The molecule has 12 heavy (non-hydrogen) atoms. The van der Waals surface area contributed by atoms with Crippen molar-refractivity contribution in [1.82, 2.24) is 0 Å². The van der Waals surface area contributed by atoms with Crippen LogP contribution in [0.3, 0.4) is 0 Å². The number of rotatable bonds is 2. The Balaban J connectivity index is 2.82. The average Bonchev–Trinajstić information content (AvgIpc) is 2.04. The second-order valence-electron chi connectivity index (χ2n) is 3.44. The zero-order valence-corrected chi connectivity index (χ0v) is 7.91. The minimum absolute atomic E-state index is 0.227. The Hall–Kier alpha value is -0.820. The van der Waals surface area contributed by atoms with Gasteiger partial charge in [-0.25, -0.2) is 0 Å². The minimum Gasteiger partial charge on any atom is -0.393 e. The molecule has 1 nitrogen and oxygen atoms in total. The normalized spacial score (nSPS) is 15.7. The number of aliphatic hydroxyl groups excluding tert-OH is 1. The Labute approximate surface area is 74.1 Å². The van der Waals surface area contributed by atoms with Gasteiger partial charge in [-0.3, -0.25) is 0 Å². The van der Waals surface area contributed by atoms with E-state index in [1.165, 1.54) is 11.1 Å². The zero-order chi connectivity index (χ0) is 9.14. The van der Waals surface area contributed by atoms with Crippen LogP contribution in [0.25, 0.3) is 0 Å². The van der Waals surface area contributed by atoms with Gasteiger partial charge in [-0.15, -0.1) is 0 Å². The van der Waals surface area contributed by atoms with Gasteiger partial charge in [0, 0.05) is 5.92 Å². The molecule has 0 aliphatic heterocycles. The van der Waals surface area contributed by atoms with Gasteiger partial charge in [-0.1, -0.05) is 36.8 Å². The molecule has 1 aromatic rings. The van der Waals surface area contributed by atoms with E-state index in [1.54, 1.807) is 0 Å². The van der Waals surface area contributed by atoms with E-state index in [1.807, 2.05) is 13.8 Å².